The summed E-state index contributed by atoms with van der Waals surface area (Å²) in [6, 6.07) is 13.4. The molecule has 0 aromatic heterocycles. The average Bonchev–Trinajstić information content (AvgIpc) is 3.11. The summed E-state index contributed by atoms with van der Waals surface area (Å²) in [5, 5.41) is 0.829. The zero-order valence-electron chi connectivity index (χ0n) is 17.8. The zero-order chi connectivity index (χ0) is 21.1. The third-order valence-electron chi connectivity index (χ3n) is 6.37. The first-order chi connectivity index (χ1) is 14.6. The van der Waals surface area contributed by atoms with Gasteiger partial charge in [-0.3, -0.25) is 4.99 Å². The fourth-order valence-electron chi connectivity index (χ4n) is 4.96. The number of rotatable bonds is 7. The van der Waals surface area contributed by atoms with Crippen molar-refractivity contribution in [2.45, 2.75) is 64.0 Å². The Morgan fingerprint density at radius 3 is 2.80 bits per heavy atom. The molecule has 0 amide bonds. The maximum absolute atomic E-state index is 6.74. The van der Waals surface area contributed by atoms with Crippen LogP contribution in [-0.4, -0.2) is 36.5 Å². The molecule has 0 radical (unpaired) electrons. The van der Waals surface area contributed by atoms with Gasteiger partial charge >= 0.3 is 0 Å². The van der Waals surface area contributed by atoms with E-state index in [4.69, 9.17) is 21.3 Å². The number of fused-ring (bicyclic) bond motifs is 1. The number of aryl methyl sites for hydroxylation is 1. The van der Waals surface area contributed by atoms with Crippen LogP contribution >= 0.6 is 27.5 Å². The van der Waals surface area contributed by atoms with Gasteiger partial charge in [0, 0.05) is 21.6 Å². The lowest BCUT2D eigenvalue weighted by molar-refractivity contribution is 0.245. The van der Waals surface area contributed by atoms with Crippen molar-refractivity contribution in [2.24, 2.45) is 4.99 Å². The molecule has 5 heteroatoms. The Morgan fingerprint density at radius 1 is 1.17 bits per heavy atom. The van der Waals surface area contributed by atoms with Gasteiger partial charge in [0.05, 0.1) is 19.2 Å². The largest absolute Gasteiger partial charge is 0.496 e. The minimum atomic E-state index is 0.442. The van der Waals surface area contributed by atoms with Gasteiger partial charge in [-0.25, -0.2) is 0 Å². The van der Waals surface area contributed by atoms with E-state index >= 15 is 0 Å². The fraction of sp³-hybridized carbons (Fsp3) is 0.480. The SMILES string of the molecule is CCCN1C(c2cccc(Cl)c2CCc2cc(Br)ccc2OC)=NC2CCCC[C@@H]21. The van der Waals surface area contributed by atoms with Crippen LogP contribution in [0.25, 0.3) is 0 Å². The van der Waals surface area contributed by atoms with Crippen LogP contribution in [0, 0.1) is 0 Å². The van der Waals surface area contributed by atoms with Crippen LogP contribution in [0.1, 0.15) is 55.7 Å². The second-order valence-electron chi connectivity index (χ2n) is 8.29. The first kappa shape index (κ1) is 21.7. The second kappa shape index (κ2) is 9.74. The summed E-state index contributed by atoms with van der Waals surface area (Å²) in [4.78, 5) is 7.80. The van der Waals surface area contributed by atoms with Crippen LogP contribution in [0.5, 0.6) is 5.75 Å². The van der Waals surface area contributed by atoms with Gasteiger partial charge in [-0.15, -0.1) is 0 Å². The second-order valence-corrected chi connectivity index (χ2v) is 9.61. The van der Waals surface area contributed by atoms with E-state index in [1.807, 2.05) is 18.2 Å². The predicted molar refractivity (Wildman–Crippen MR) is 129 cm³/mol. The van der Waals surface area contributed by atoms with Crippen molar-refractivity contribution in [3.63, 3.8) is 0 Å². The number of benzene rings is 2. The van der Waals surface area contributed by atoms with Crippen LogP contribution in [0.3, 0.4) is 0 Å². The average molecular weight is 490 g/mol. The van der Waals surface area contributed by atoms with E-state index in [1.165, 1.54) is 42.4 Å². The minimum absolute atomic E-state index is 0.442. The zero-order valence-corrected chi connectivity index (χ0v) is 20.2. The van der Waals surface area contributed by atoms with E-state index in [0.29, 0.717) is 12.1 Å². The molecule has 2 aromatic carbocycles. The summed E-state index contributed by atoms with van der Waals surface area (Å²) in [7, 11) is 1.73. The third kappa shape index (κ3) is 4.40. The molecule has 160 valence electrons. The number of ether oxygens (including phenoxy) is 1. The molecule has 0 bridgehead atoms. The summed E-state index contributed by atoms with van der Waals surface area (Å²) >= 11 is 10.3. The van der Waals surface area contributed by atoms with E-state index < -0.39 is 0 Å². The van der Waals surface area contributed by atoms with Crippen LogP contribution in [0.15, 0.2) is 45.9 Å². The van der Waals surface area contributed by atoms with Gasteiger partial charge in [0.1, 0.15) is 11.6 Å². The Hall–Kier alpha value is -1.52. The molecule has 0 N–H and O–H groups in total. The predicted octanol–water partition coefficient (Wildman–Crippen LogP) is 6.68. The van der Waals surface area contributed by atoms with Crippen molar-refractivity contribution in [3.05, 3.63) is 62.6 Å². The number of nitrogens with zero attached hydrogens (tertiary/aromatic N) is 2. The van der Waals surface area contributed by atoms with Crippen molar-refractivity contribution in [1.82, 2.24) is 4.90 Å². The number of halogens is 2. The molecule has 30 heavy (non-hydrogen) atoms. The maximum atomic E-state index is 6.74. The Balaban J connectivity index is 1.66. The van der Waals surface area contributed by atoms with Crippen molar-refractivity contribution in [3.8, 4) is 5.75 Å². The molecule has 2 aliphatic rings. The Morgan fingerprint density at radius 2 is 2.00 bits per heavy atom. The number of methoxy groups -OCH3 is 1. The Kier molecular flexibility index (Phi) is 7.05. The van der Waals surface area contributed by atoms with E-state index in [2.05, 4.69) is 46.0 Å². The van der Waals surface area contributed by atoms with Crippen molar-refractivity contribution >= 4 is 33.4 Å². The highest BCUT2D eigenvalue weighted by Crippen LogP contribution is 2.35. The van der Waals surface area contributed by atoms with Gasteiger partial charge in [0.15, 0.2) is 0 Å². The number of hydrogen-bond donors (Lipinski definition) is 0. The summed E-state index contributed by atoms with van der Waals surface area (Å²) in [6.07, 6.45) is 7.93. The minimum Gasteiger partial charge on any atom is -0.496 e. The van der Waals surface area contributed by atoms with Gasteiger partial charge in [-0.1, -0.05) is 59.4 Å². The highest BCUT2D eigenvalue weighted by atomic mass is 79.9. The first-order valence-electron chi connectivity index (χ1n) is 11.1. The van der Waals surface area contributed by atoms with Crippen molar-refractivity contribution < 1.29 is 4.74 Å². The van der Waals surface area contributed by atoms with Gasteiger partial charge < -0.3 is 9.64 Å². The Bertz CT molecular complexity index is 929. The monoisotopic (exact) mass is 488 g/mol. The molecule has 0 saturated heterocycles. The summed E-state index contributed by atoms with van der Waals surface area (Å²) in [5.74, 6) is 2.08. The van der Waals surface area contributed by atoms with Gasteiger partial charge in [-0.2, -0.15) is 0 Å². The number of amidine groups is 1. The lowest BCUT2D eigenvalue weighted by Gasteiger charge is -2.33. The summed E-state index contributed by atoms with van der Waals surface area (Å²) in [5.41, 5.74) is 3.59. The molecular formula is C25H30BrClN2O. The molecule has 1 unspecified atom stereocenters. The van der Waals surface area contributed by atoms with Gasteiger partial charge in [0.2, 0.25) is 0 Å². The maximum Gasteiger partial charge on any atom is 0.131 e. The smallest absolute Gasteiger partial charge is 0.131 e. The molecular weight excluding hydrogens is 460 g/mol. The molecule has 2 aromatic rings. The molecule has 1 aliphatic heterocycles. The van der Waals surface area contributed by atoms with E-state index in [-0.39, 0.29) is 0 Å². The van der Waals surface area contributed by atoms with Gasteiger partial charge in [0.25, 0.3) is 0 Å². The number of aliphatic imine (C=N–C) groups is 1. The standard InChI is InChI=1S/C25H30BrClN2O/c1-3-15-29-23-10-5-4-9-22(23)28-25(29)20-7-6-8-21(27)19(20)13-11-17-16-18(26)12-14-24(17)30-2/h6-8,12,14,16,22-23H,3-5,9-11,13,15H2,1-2H3/t22?,23-/m0/s1. The topological polar surface area (TPSA) is 24.8 Å². The molecule has 1 aliphatic carbocycles. The molecule has 1 heterocycles. The highest BCUT2D eigenvalue weighted by Gasteiger charge is 2.38. The summed E-state index contributed by atoms with van der Waals surface area (Å²) in [6.45, 7) is 3.32. The Labute approximate surface area is 193 Å². The first-order valence-corrected chi connectivity index (χ1v) is 12.2. The van der Waals surface area contributed by atoms with Crippen LogP contribution in [-0.2, 0) is 12.8 Å². The third-order valence-corrected chi connectivity index (χ3v) is 7.21. The molecule has 2 atom stereocenters. The number of hydrogen-bond acceptors (Lipinski definition) is 3. The van der Waals surface area contributed by atoms with Crippen LogP contribution in [0.2, 0.25) is 5.02 Å². The molecule has 1 fully saturated rings. The van der Waals surface area contributed by atoms with Gasteiger partial charge in [-0.05, 0) is 67.5 Å². The highest BCUT2D eigenvalue weighted by molar-refractivity contribution is 9.10. The molecule has 0 spiro atoms. The summed E-state index contributed by atoms with van der Waals surface area (Å²) < 4.78 is 6.64. The lowest BCUT2D eigenvalue weighted by Crippen LogP contribution is -2.42. The molecule has 3 nitrogen and oxygen atoms in total. The van der Waals surface area contributed by atoms with Crippen molar-refractivity contribution in [2.75, 3.05) is 13.7 Å². The molecule has 1 saturated carbocycles. The van der Waals surface area contributed by atoms with E-state index in [0.717, 1.165) is 46.9 Å². The van der Waals surface area contributed by atoms with Crippen molar-refractivity contribution in [1.29, 1.82) is 0 Å². The van der Waals surface area contributed by atoms with E-state index in [1.54, 1.807) is 7.11 Å². The molecule has 4 rings (SSSR count). The lowest BCUT2D eigenvalue weighted by atomic mass is 9.90. The van der Waals surface area contributed by atoms with E-state index in [9.17, 15) is 0 Å². The quantitative estimate of drug-likeness (QED) is 0.433. The fourth-order valence-corrected chi connectivity index (χ4v) is 5.63. The normalized spacial score (nSPS) is 20.8. The van der Waals surface area contributed by atoms with Crippen LogP contribution in [0.4, 0.5) is 0 Å². The van der Waals surface area contributed by atoms with Crippen LogP contribution < -0.4 is 4.74 Å².